The summed E-state index contributed by atoms with van der Waals surface area (Å²) in [6.07, 6.45) is 1.31. The molecule has 154 valence electrons. The minimum atomic E-state index is -4.05. The van der Waals surface area contributed by atoms with Gasteiger partial charge in [0.2, 0.25) is 10.0 Å². The van der Waals surface area contributed by atoms with Gasteiger partial charge in [0.25, 0.3) is 0 Å². The molecule has 0 saturated carbocycles. The van der Waals surface area contributed by atoms with Crippen molar-refractivity contribution in [1.82, 2.24) is 4.72 Å². The van der Waals surface area contributed by atoms with Crippen LogP contribution in [0.4, 0.5) is 4.39 Å². The Morgan fingerprint density at radius 1 is 1.00 bits per heavy atom. The van der Waals surface area contributed by atoms with Gasteiger partial charge in [-0.1, -0.05) is 12.1 Å². The van der Waals surface area contributed by atoms with Gasteiger partial charge in [-0.15, -0.1) is 0 Å². The van der Waals surface area contributed by atoms with Crippen LogP contribution in [-0.4, -0.2) is 23.4 Å². The maximum absolute atomic E-state index is 13.2. The number of furan rings is 1. The number of nitrogens with one attached hydrogen (secondary N) is 1. The lowest BCUT2D eigenvalue weighted by Crippen LogP contribution is -2.32. The summed E-state index contributed by atoms with van der Waals surface area (Å²) in [4.78, 5) is -0.0545. The molecule has 0 bridgehead atoms. The number of sulfonamides is 1. The van der Waals surface area contributed by atoms with E-state index >= 15 is 0 Å². The summed E-state index contributed by atoms with van der Waals surface area (Å²) in [5.74, 6) is -0.493. The molecule has 0 aliphatic heterocycles. The molecule has 1 aromatic heterocycles. The van der Waals surface area contributed by atoms with E-state index < -0.39 is 37.5 Å². The second-order valence-electron chi connectivity index (χ2n) is 6.62. The van der Waals surface area contributed by atoms with Crippen molar-refractivity contribution in [2.24, 2.45) is 0 Å². The summed E-state index contributed by atoms with van der Waals surface area (Å²) in [6.45, 7) is 2.99. The van der Waals surface area contributed by atoms with E-state index in [1.54, 1.807) is 26.0 Å². The molecule has 0 spiro atoms. The Morgan fingerprint density at radius 3 is 2.31 bits per heavy atom. The van der Waals surface area contributed by atoms with E-state index in [0.29, 0.717) is 5.56 Å². The van der Waals surface area contributed by atoms with Crippen LogP contribution >= 0.6 is 0 Å². The minimum absolute atomic E-state index is 0.0786. The number of sulfone groups is 1. The first-order valence-corrected chi connectivity index (χ1v) is 11.7. The van der Waals surface area contributed by atoms with E-state index in [9.17, 15) is 21.2 Å². The summed E-state index contributed by atoms with van der Waals surface area (Å²) < 4.78 is 72.6. The van der Waals surface area contributed by atoms with E-state index in [1.807, 2.05) is 0 Å². The molecule has 6 nitrogen and oxygen atoms in total. The Labute approximate surface area is 169 Å². The fourth-order valence-corrected chi connectivity index (χ4v) is 5.95. The van der Waals surface area contributed by atoms with Gasteiger partial charge >= 0.3 is 0 Å². The van der Waals surface area contributed by atoms with Crippen LogP contribution in [0.5, 0.6) is 0 Å². The van der Waals surface area contributed by atoms with Gasteiger partial charge in [-0.05, 0) is 67.4 Å². The van der Waals surface area contributed by atoms with E-state index in [1.165, 1.54) is 24.5 Å². The molecule has 29 heavy (non-hydrogen) atoms. The zero-order chi connectivity index (χ0) is 21.2. The van der Waals surface area contributed by atoms with Gasteiger partial charge in [-0.3, -0.25) is 0 Å². The molecule has 0 aliphatic carbocycles. The van der Waals surface area contributed by atoms with Crippen molar-refractivity contribution in [1.29, 1.82) is 0 Å². The van der Waals surface area contributed by atoms with Gasteiger partial charge in [-0.25, -0.2) is 25.9 Å². The SMILES string of the molecule is Cc1ccc(C)c(S(=O)(=O)NC[C@H](c2ccco2)S(=O)(=O)c2ccc(F)cc2)c1. The number of aryl methyl sites for hydroxylation is 2. The van der Waals surface area contributed by atoms with E-state index in [-0.39, 0.29) is 15.6 Å². The van der Waals surface area contributed by atoms with Crippen LogP contribution in [-0.2, 0) is 19.9 Å². The van der Waals surface area contributed by atoms with Crippen molar-refractivity contribution in [3.8, 4) is 0 Å². The molecule has 1 N–H and O–H groups in total. The van der Waals surface area contributed by atoms with Crippen molar-refractivity contribution in [3.05, 3.63) is 83.6 Å². The Morgan fingerprint density at radius 2 is 1.69 bits per heavy atom. The second kappa shape index (κ2) is 8.10. The fourth-order valence-electron chi connectivity index (χ4n) is 2.89. The van der Waals surface area contributed by atoms with Gasteiger partial charge < -0.3 is 4.42 Å². The quantitative estimate of drug-likeness (QED) is 0.571. The molecule has 2 aromatic carbocycles. The molecule has 1 heterocycles. The van der Waals surface area contributed by atoms with Crippen molar-refractivity contribution >= 4 is 19.9 Å². The number of hydrogen-bond acceptors (Lipinski definition) is 5. The maximum atomic E-state index is 13.2. The number of hydrogen-bond donors (Lipinski definition) is 1. The predicted molar refractivity (Wildman–Crippen MR) is 106 cm³/mol. The highest BCUT2D eigenvalue weighted by Crippen LogP contribution is 2.29. The first-order valence-electron chi connectivity index (χ1n) is 8.71. The maximum Gasteiger partial charge on any atom is 0.240 e. The highest BCUT2D eigenvalue weighted by Gasteiger charge is 2.33. The zero-order valence-electron chi connectivity index (χ0n) is 15.8. The van der Waals surface area contributed by atoms with Gasteiger partial charge in [0.05, 0.1) is 16.1 Å². The van der Waals surface area contributed by atoms with Crippen LogP contribution < -0.4 is 4.72 Å². The summed E-state index contributed by atoms with van der Waals surface area (Å²) in [5, 5.41) is -1.32. The predicted octanol–water partition coefficient (Wildman–Crippen LogP) is 3.53. The number of benzene rings is 2. The molecule has 0 saturated heterocycles. The largest absolute Gasteiger partial charge is 0.468 e. The average molecular weight is 438 g/mol. The first-order chi connectivity index (χ1) is 13.6. The van der Waals surface area contributed by atoms with Crippen LogP contribution in [0.1, 0.15) is 22.1 Å². The normalized spacial score (nSPS) is 13.3. The minimum Gasteiger partial charge on any atom is -0.468 e. The van der Waals surface area contributed by atoms with Crippen LogP contribution in [0.25, 0.3) is 0 Å². The lowest BCUT2D eigenvalue weighted by Gasteiger charge is -2.17. The molecule has 0 unspecified atom stereocenters. The molecule has 0 amide bonds. The molecule has 0 fully saturated rings. The smallest absolute Gasteiger partial charge is 0.240 e. The van der Waals surface area contributed by atoms with E-state index in [2.05, 4.69) is 4.72 Å². The van der Waals surface area contributed by atoms with Crippen molar-refractivity contribution in [2.45, 2.75) is 28.9 Å². The van der Waals surface area contributed by atoms with Gasteiger partial charge in [0, 0.05) is 6.54 Å². The fraction of sp³-hybridized carbons (Fsp3) is 0.200. The number of halogens is 1. The zero-order valence-corrected chi connectivity index (χ0v) is 17.4. The van der Waals surface area contributed by atoms with Gasteiger partial charge in [0.15, 0.2) is 9.84 Å². The van der Waals surface area contributed by atoms with E-state index in [0.717, 1.165) is 29.8 Å². The molecule has 0 aliphatic rings. The third-order valence-corrected chi connectivity index (χ3v) is 8.11. The summed E-state index contributed by atoms with van der Waals surface area (Å²) in [7, 11) is -8.02. The summed E-state index contributed by atoms with van der Waals surface area (Å²) in [5.41, 5.74) is 1.30. The summed E-state index contributed by atoms with van der Waals surface area (Å²) >= 11 is 0. The third kappa shape index (κ3) is 4.58. The standard InChI is InChI=1S/C20H20FNO5S2/c1-14-5-6-15(2)19(12-14)29(25,26)22-13-20(18-4-3-11-27-18)28(23,24)17-9-7-16(21)8-10-17/h3-12,20,22H,13H2,1-2H3/t20-/m1/s1. The topological polar surface area (TPSA) is 93.4 Å². The van der Waals surface area contributed by atoms with Crippen LogP contribution in [0.15, 0.2) is 75.1 Å². The third-order valence-electron chi connectivity index (χ3n) is 4.47. The van der Waals surface area contributed by atoms with Crippen molar-refractivity contribution < 1.29 is 25.6 Å². The van der Waals surface area contributed by atoms with Crippen molar-refractivity contribution in [2.75, 3.05) is 6.54 Å². The van der Waals surface area contributed by atoms with Crippen molar-refractivity contribution in [3.63, 3.8) is 0 Å². The monoisotopic (exact) mass is 437 g/mol. The first kappa shape index (κ1) is 21.2. The highest BCUT2D eigenvalue weighted by molar-refractivity contribution is 7.92. The highest BCUT2D eigenvalue weighted by atomic mass is 32.2. The molecule has 3 rings (SSSR count). The Kier molecular flexibility index (Phi) is 5.92. The Balaban J connectivity index is 1.95. The van der Waals surface area contributed by atoms with Crippen LogP contribution in [0.3, 0.4) is 0 Å². The summed E-state index contributed by atoms with van der Waals surface area (Å²) in [6, 6.07) is 12.3. The molecule has 9 heteroatoms. The average Bonchev–Trinajstić information content (AvgIpc) is 3.18. The molecule has 0 radical (unpaired) electrons. The molecular formula is C20H20FNO5S2. The Bertz CT molecular complexity index is 1200. The lowest BCUT2D eigenvalue weighted by atomic mass is 10.2. The van der Waals surface area contributed by atoms with E-state index in [4.69, 9.17) is 4.42 Å². The molecule has 1 atom stereocenters. The molecular weight excluding hydrogens is 417 g/mol. The van der Waals surface area contributed by atoms with Gasteiger partial charge in [-0.2, -0.15) is 0 Å². The lowest BCUT2D eigenvalue weighted by molar-refractivity contribution is 0.486. The number of rotatable bonds is 7. The second-order valence-corrected chi connectivity index (χ2v) is 10.5. The van der Waals surface area contributed by atoms with Gasteiger partial charge in [0.1, 0.15) is 16.8 Å². The Hall–Kier alpha value is -2.49. The van der Waals surface area contributed by atoms with Crippen LogP contribution in [0.2, 0.25) is 0 Å². The molecule has 3 aromatic rings. The van der Waals surface area contributed by atoms with Crippen LogP contribution in [0, 0.1) is 19.7 Å².